The van der Waals surface area contributed by atoms with Gasteiger partial charge in [0.25, 0.3) is 11.8 Å². The second kappa shape index (κ2) is 9.95. The average molecular weight is 460 g/mol. The van der Waals surface area contributed by atoms with Gasteiger partial charge >= 0.3 is 0 Å². The van der Waals surface area contributed by atoms with E-state index in [1.54, 1.807) is 15.5 Å². The molecule has 1 atom stereocenters. The quantitative estimate of drug-likeness (QED) is 0.432. The molecule has 7 nitrogen and oxygen atoms in total. The Hall–Kier alpha value is -3.87. The standard InChI is InChI=1S/C27H31N5O2.H2/c1-19-10-8-17-32-24(20(2)29-25(19)32)27(34)31(4)22(18-21-11-6-5-7-12-21)14-15-28-26(33)23-13-9-16-30(23)3;/h5-13,16-17,22H,14-15,18H2,1-4H3,(H,28,33);1H/t22-;/m1./s1. The van der Waals surface area contributed by atoms with E-state index in [1.807, 2.05) is 81.1 Å². The lowest BCUT2D eigenvalue weighted by Gasteiger charge is -2.29. The van der Waals surface area contributed by atoms with E-state index in [-0.39, 0.29) is 19.3 Å². The van der Waals surface area contributed by atoms with E-state index in [0.717, 1.165) is 16.8 Å². The Morgan fingerprint density at radius 3 is 2.50 bits per heavy atom. The van der Waals surface area contributed by atoms with Gasteiger partial charge in [-0.05, 0) is 56.0 Å². The molecule has 0 spiro atoms. The summed E-state index contributed by atoms with van der Waals surface area (Å²) in [6, 6.07) is 17.6. The third kappa shape index (κ3) is 4.73. The van der Waals surface area contributed by atoms with Crippen LogP contribution in [0.2, 0.25) is 0 Å². The maximum Gasteiger partial charge on any atom is 0.272 e. The minimum atomic E-state index is -0.118. The number of pyridine rings is 1. The molecule has 7 heteroatoms. The van der Waals surface area contributed by atoms with Crippen LogP contribution in [-0.2, 0) is 13.5 Å². The first kappa shape index (κ1) is 23.3. The van der Waals surface area contributed by atoms with Gasteiger partial charge < -0.3 is 14.8 Å². The van der Waals surface area contributed by atoms with Crippen molar-refractivity contribution in [2.45, 2.75) is 32.7 Å². The fourth-order valence-corrected chi connectivity index (χ4v) is 4.37. The molecule has 178 valence electrons. The normalized spacial score (nSPS) is 12.0. The van der Waals surface area contributed by atoms with Gasteiger partial charge in [-0.1, -0.05) is 36.4 Å². The Morgan fingerprint density at radius 2 is 1.79 bits per heavy atom. The number of carbonyl (C=O) groups excluding carboxylic acids is 2. The van der Waals surface area contributed by atoms with Crippen molar-refractivity contribution in [3.8, 4) is 0 Å². The number of imidazole rings is 1. The zero-order valence-corrected chi connectivity index (χ0v) is 20.2. The van der Waals surface area contributed by atoms with Gasteiger partial charge in [0.15, 0.2) is 0 Å². The largest absolute Gasteiger partial charge is 0.351 e. The number of nitrogens with one attached hydrogen (secondary N) is 1. The lowest BCUT2D eigenvalue weighted by molar-refractivity contribution is 0.0715. The summed E-state index contributed by atoms with van der Waals surface area (Å²) in [5.74, 6) is -0.196. The van der Waals surface area contributed by atoms with E-state index in [1.165, 1.54) is 0 Å². The molecule has 3 aromatic heterocycles. The molecule has 2 amide bonds. The summed E-state index contributed by atoms with van der Waals surface area (Å²) in [6.07, 6.45) is 5.05. The van der Waals surface area contributed by atoms with Crippen molar-refractivity contribution in [1.29, 1.82) is 0 Å². The summed E-state index contributed by atoms with van der Waals surface area (Å²) in [5, 5.41) is 3.00. The Bertz CT molecular complexity index is 1310. The highest BCUT2D eigenvalue weighted by Crippen LogP contribution is 2.20. The van der Waals surface area contributed by atoms with Gasteiger partial charge in [-0.15, -0.1) is 0 Å². The topological polar surface area (TPSA) is 71.6 Å². The molecule has 0 fully saturated rings. The number of amides is 2. The molecule has 0 radical (unpaired) electrons. The van der Waals surface area contributed by atoms with Gasteiger partial charge in [0.05, 0.1) is 5.69 Å². The van der Waals surface area contributed by atoms with Crippen molar-refractivity contribution in [1.82, 2.24) is 24.2 Å². The second-order valence-electron chi connectivity index (χ2n) is 8.74. The number of benzene rings is 1. The Labute approximate surface area is 201 Å². The Morgan fingerprint density at radius 1 is 1.06 bits per heavy atom. The minimum absolute atomic E-state index is 0. The molecule has 0 aliphatic heterocycles. The number of nitrogens with zero attached hydrogens (tertiary/aromatic N) is 4. The molecule has 0 saturated heterocycles. The van der Waals surface area contributed by atoms with Crippen LogP contribution in [0.15, 0.2) is 67.0 Å². The van der Waals surface area contributed by atoms with Crippen LogP contribution < -0.4 is 5.32 Å². The van der Waals surface area contributed by atoms with Crippen molar-refractivity contribution >= 4 is 17.5 Å². The van der Waals surface area contributed by atoms with Crippen LogP contribution in [-0.4, -0.2) is 50.3 Å². The highest BCUT2D eigenvalue weighted by molar-refractivity contribution is 5.95. The lowest BCUT2D eigenvalue weighted by Crippen LogP contribution is -2.41. The molecule has 0 aliphatic rings. The number of aryl methyl sites for hydroxylation is 3. The first-order valence-corrected chi connectivity index (χ1v) is 11.5. The van der Waals surface area contributed by atoms with Crippen LogP contribution in [0.1, 0.15) is 45.6 Å². The minimum Gasteiger partial charge on any atom is -0.351 e. The molecule has 0 saturated carbocycles. The molecular formula is C27H33N5O2. The van der Waals surface area contributed by atoms with Crippen LogP contribution in [0.3, 0.4) is 0 Å². The molecule has 0 aliphatic carbocycles. The van der Waals surface area contributed by atoms with E-state index >= 15 is 0 Å². The fourth-order valence-electron chi connectivity index (χ4n) is 4.37. The van der Waals surface area contributed by atoms with Crippen LogP contribution in [0, 0.1) is 13.8 Å². The monoisotopic (exact) mass is 459 g/mol. The van der Waals surface area contributed by atoms with Crippen molar-refractivity contribution < 1.29 is 11.0 Å². The van der Waals surface area contributed by atoms with Gasteiger partial charge in [-0.25, -0.2) is 4.98 Å². The fraction of sp³-hybridized carbons (Fsp3) is 0.296. The Balaban J connectivity index is 0.00000342. The van der Waals surface area contributed by atoms with Gasteiger partial charge in [-0.3, -0.25) is 14.0 Å². The summed E-state index contributed by atoms with van der Waals surface area (Å²) in [6.45, 7) is 4.33. The van der Waals surface area contributed by atoms with E-state index in [4.69, 9.17) is 0 Å². The van der Waals surface area contributed by atoms with Crippen molar-refractivity contribution in [2.75, 3.05) is 13.6 Å². The summed E-state index contributed by atoms with van der Waals surface area (Å²) < 4.78 is 3.67. The predicted molar refractivity (Wildman–Crippen MR) is 135 cm³/mol. The molecule has 0 unspecified atom stereocenters. The molecule has 1 N–H and O–H groups in total. The molecule has 0 bridgehead atoms. The van der Waals surface area contributed by atoms with Crippen molar-refractivity contribution in [3.63, 3.8) is 0 Å². The number of rotatable bonds is 8. The summed E-state index contributed by atoms with van der Waals surface area (Å²) in [5.41, 5.74) is 4.86. The van der Waals surface area contributed by atoms with Gasteiger partial charge in [0.2, 0.25) is 0 Å². The zero-order chi connectivity index (χ0) is 24.2. The van der Waals surface area contributed by atoms with E-state index in [0.29, 0.717) is 36.5 Å². The summed E-state index contributed by atoms with van der Waals surface area (Å²) >= 11 is 0. The average Bonchev–Trinajstić information content (AvgIpc) is 3.41. The van der Waals surface area contributed by atoms with Crippen LogP contribution in [0.5, 0.6) is 0 Å². The molecule has 3 heterocycles. The predicted octanol–water partition coefficient (Wildman–Crippen LogP) is 4.04. The van der Waals surface area contributed by atoms with Gasteiger partial charge in [0, 0.05) is 40.5 Å². The smallest absolute Gasteiger partial charge is 0.272 e. The van der Waals surface area contributed by atoms with Crippen LogP contribution in [0.25, 0.3) is 5.65 Å². The van der Waals surface area contributed by atoms with Crippen molar-refractivity contribution in [3.05, 3.63) is 95.2 Å². The molecular weight excluding hydrogens is 426 g/mol. The molecule has 1 aromatic carbocycles. The van der Waals surface area contributed by atoms with Crippen molar-refractivity contribution in [2.24, 2.45) is 7.05 Å². The SMILES string of the molecule is Cc1nc2c(C)cccn2c1C(=O)N(C)[C@H](CCNC(=O)c1cccn1C)Cc1ccccc1.[HH]. The van der Waals surface area contributed by atoms with Gasteiger partial charge in [0.1, 0.15) is 17.0 Å². The third-order valence-corrected chi connectivity index (χ3v) is 6.34. The number of likely N-dealkylation sites (N-methyl/N-ethyl adjacent to an activating group) is 1. The number of carbonyl (C=O) groups is 2. The molecule has 4 aromatic rings. The van der Waals surface area contributed by atoms with E-state index in [2.05, 4.69) is 22.4 Å². The van der Waals surface area contributed by atoms with Crippen LogP contribution >= 0.6 is 0 Å². The maximum absolute atomic E-state index is 13.7. The van der Waals surface area contributed by atoms with E-state index < -0.39 is 0 Å². The lowest BCUT2D eigenvalue weighted by atomic mass is 10.0. The third-order valence-electron chi connectivity index (χ3n) is 6.34. The maximum atomic E-state index is 13.7. The van der Waals surface area contributed by atoms with Crippen LogP contribution in [0.4, 0.5) is 0 Å². The number of aromatic nitrogens is 3. The first-order valence-electron chi connectivity index (χ1n) is 11.5. The molecule has 4 rings (SSSR count). The van der Waals surface area contributed by atoms with E-state index in [9.17, 15) is 9.59 Å². The highest BCUT2D eigenvalue weighted by atomic mass is 16.2. The highest BCUT2D eigenvalue weighted by Gasteiger charge is 2.26. The van der Waals surface area contributed by atoms with Gasteiger partial charge in [-0.2, -0.15) is 0 Å². The number of hydrogen-bond acceptors (Lipinski definition) is 3. The Kier molecular flexibility index (Phi) is 6.82. The first-order chi connectivity index (χ1) is 16.4. The zero-order valence-electron chi connectivity index (χ0n) is 20.2. The number of fused-ring (bicyclic) bond motifs is 1. The number of hydrogen-bond donors (Lipinski definition) is 1. The summed E-state index contributed by atoms with van der Waals surface area (Å²) in [7, 11) is 3.68. The second-order valence-corrected chi connectivity index (χ2v) is 8.74. The summed E-state index contributed by atoms with van der Waals surface area (Å²) in [4.78, 5) is 32.7. The molecule has 34 heavy (non-hydrogen) atoms.